The fourth-order valence-corrected chi connectivity index (χ4v) is 4.72. The van der Waals surface area contributed by atoms with Crippen LogP contribution in [0.15, 0.2) is 30.3 Å². The molecule has 0 spiro atoms. The Kier molecular flexibility index (Phi) is 8.03. The van der Waals surface area contributed by atoms with Crippen LogP contribution in [0.1, 0.15) is 51.0 Å². The third kappa shape index (κ3) is 6.45. The summed E-state index contributed by atoms with van der Waals surface area (Å²) in [4.78, 5) is 14.5. The summed E-state index contributed by atoms with van der Waals surface area (Å²) in [7, 11) is 0. The van der Waals surface area contributed by atoms with Gasteiger partial charge in [-0.15, -0.1) is 0 Å². The highest BCUT2D eigenvalue weighted by Crippen LogP contribution is 2.27. The van der Waals surface area contributed by atoms with E-state index in [0.717, 1.165) is 48.4 Å². The SMILES string of the molecule is CC1CCCN(c2cc(N3CCCCCC3)nc(NC(=S)NCc3ccc(Cl)cc3)n2)C1. The second-order valence-electron chi connectivity index (χ2n) is 8.94. The highest BCUT2D eigenvalue weighted by molar-refractivity contribution is 7.80. The number of anilines is 3. The van der Waals surface area contributed by atoms with Crippen molar-refractivity contribution in [3.63, 3.8) is 0 Å². The van der Waals surface area contributed by atoms with Gasteiger partial charge in [-0.1, -0.05) is 43.5 Å². The Balaban J connectivity index is 1.49. The maximum Gasteiger partial charge on any atom is 0.232 e. The highest BCUT2D eigenvalue weighted by atomic mass is 35.5. The van der Waals surface area contributed by atoms with Crippen molar-refractivity contribution in [2.24, 2.45) is 5.92 Å². The third-order valence-corrected chi connectivity index (χ3v) is 6.70. The molecule has 0 radical (unpaired) electrons. The molecule has 0 amide bonds. The first-order valence-corrected chi connectivity index (χ1v) is 12.5. The van der Waals surface area contributed by atoms with Crippen molar-refractivity contribution in [1.29, 1.82) is 0 Å². The molecular formula is C24H33ClN6S. The second kappa shape index (κ2) is 11.1. The molecule has 1 aromatic carbocycles. The number of piperidine rings is 1. The number of aromatic nitrogens is 2. The van der Waals surface area contributed by atoms with Gasteiger partial charge in [0.25, 0.3) is 0 Å². The fourth-order valence-electron chi connectivity index (χ4n) is 4.43. The van der Waals surface area contributed by atoms with Gasteiger partial charge in [-0.05, 0) is 61.5 Å². The maximum absolute atomic E-state index is 5.98. The average molecular weight is 473 g/mol. The van der Waals surface area contributed by atoms with Crippen LogP contribution >= 0.6 is 23.8 Å². The lowest BCUT2D eigenvalue weighted by Crippen LogP contribution is -2.36. The number of hydrogen-bond donors (Lipinski definition) is 2. The molecule has 2 saturated heterocycles. The topological polar surface area (TPSA) is 56.3 Å². The van der Waals surface area contributed by atoms with Crippen molar-refractivity contribution in [1.82, 2.24) is 15.3 Å². The van der Waals surface area contributed by atoms with Crippen molar-refractivity contribution in [3.8, 4) is 0 Å². The molecular weight excluding hydrogens is 440 g/mol. The van der Waals surface area contributed by atoms with Crippen LogP contribution in [-0.4, -0.2) is 41.3 Å². The smallest absolute Gasteiger partial charge is 0.232 e. The molecule has 6 nitrogen and oxygen atoms in total. The molecule has 32 heavy (non-hydrogen) atoms. The minimum absolute atomic E-state index is 0.519. The molecule has 2 N–H and O–H groups in total. The van der Waals surface area contributed by atoms with Gasteiger partial charge in [-0.3, -0.25) is 0 Å². The lowest BCUT2D eigenvalue weighted by atomic mass is 10.0. The number of nitrogens with zero attached hydrogens (tertiary/aromatic N) is 4. The van der Waals surface area contributed by atoms with E-state index < -0.39 is 0 Å². The molecule has 2 fully saturated rings. The monoisotopic (exact) mass is 472 g/mol. The Morgan fingerprint density at radius 3 is 2.34 bits per heavy atom. The van der Waals surface area contributed by atoms with Crippen LogP contribution in [0.3, 0.4) is 0 Å². The number of benzene rings is 1. The molecule has 0 bridgehead atoms. The summed E-state index contributed by atoms with van der Waals surface area (Å²) in [5.74, 6) is 3.24. The minimum Gasteiger partial charge on any atom is -0.358 e. The normalized spacial score (nSPS) is 19.4. The van der Waals surface area contributed by atoms with Gasteiger partial charge in [-0.2, -0.15) is 9.97 Å². The number of halogens is 1. The van der Waals surface area contributed by atoms with Crippen molar-refractivity contribution in [2.45, 2.75) is 52.0 Å². The average Bonchev–Trinajstić information content (AvgIpc) is 3.08. The zero-order chi connectivity index (χ0) is 22.3. The second-order valence-corrected chi connectivity index (χ2v) is 9.78. The van der Waals surface area contributed by atoms with Gasteiger partial charge in [-0.25, -0.2) is 0 Å². The first-order valence-electron chi connectivity index (χ1n) is 11.7. The molecule has 1 unspecified atom stereocenters. The van der Waals surface area contributed by atoms with Crippen LogP contribution in [-0.2, 0) is 6.54 Å². The molecule has 8 heteroatoms. The van der Waals surface area contributed by atoms with Gasteiger partial charge < -0.3 is 20.4 Å². The first kappa shape index (κ1) is 23.1. The number of hydrogen-bond acceptors (Lipinski definition) is 5. The van der Waals surface area contributed by atoms with Crippen LogP contribution in [0.5, 0.6) is 0 Å². The Labute approximate surface area is 201 Å². The first-order chi connectivity index (χ1) is 15.6. The molecule has 2 aliphatic rings. The lowest BCUT2D eigenvalue weighted by Gasteiger charge is -2.33. The summed E-state index contributed by atoms with van der Waals surface area (Å²) in [6.45, 7) is 7.11. The van der Waals surface area contributed by atoms with E-state index in [1.165, 1.54) is 38.5 Å². The molecule has 1 atom stereocenters. The Morgan fingerprint density at radius 2 is 1.66 bits per heavy atom. The molecule has 0 saturated carbocycles. The molecule has 3 heterocycles. The predicted molar refractivity (Wildman–Crippen MR) is 138 cm³/mol. The quantitative estimate of drug-likeness (QED) is 0.577. The number of thiocarbonyl (C=S) groups is 1. The standard InChI is InChI=1S/C24H33ClN6S/c1-18-7-6-14-31(17-18)22-15-21(30-12-4-2-3-5-13-30)27-23(28-22)29-24(32)26-16-19-8-10-20(25)11-9-19/h8-11,15,18H,2-7,12-14,16-17H2,1H3,(H2,26,27,28,29,32). The van der Waals surface area contributed by atoms with Gasteiger partial charge in [0.1, 0.15) is 11.6 Å². The van der Waals surface area contributed by atoms with Gasteiger partial charge >= 0.3 is 0 Å². The lowest BCUT2D eigenvalue weighted by molar-refractivity contribution is 0.444. The molecule has 4 rings (SSSR count). The zero-order valence-electron chi connectivity index (χ0n) is 18.8. The largest absolute Gasteiger partial charge is 0.358 e. The van der Waals surface area contributed by atoms with E-state index in [2.05, 4.69) is 33.4 Å². The summed E-state index contributed by atoms with van der Waals surface area (Å²) in [5.41, 5.74) is 1.11. The van der Waals surface area contributed by atoms with Crippen molar-refractivity contribution in [2.75, 3.05) is 41.3 Å². The van der Waals surface area contributed by atoms with Gasteiger partial charge in [0.15, 0.2) is 5.11 Å². The van der Waals surface area contributed by atoms with E-state index in [1.54, 1.807) is 0 Å². The molecule has 2 aromatic rings. The summed E-state index contributed by atoms with van der Waals surface area (Å²) < 4.78 is 0. The Morgan fingerprint density at radius 1 is 1.00 bits per heavy atom. The summed E-state index contributed by atoms with van der Waals surface area (Å²) >= 11 is 11.5. The fraction of sp³-hybridized carbons (Fsp3) is 0.542. The van der Waals surface area contributed by atoms with Crippen molar-refractivity contribution >= 4 is 46.5 Å². The predicted octanol–water partition coefficient (Wildman–Crippen LogP) is 5.23. The van der Waals surface area contributed by atoms with Crippen molar-refractivity contribution in [3.05, 3.63) is 40.9 Å². The number of rotatable bonds is 5. The van der Waals surface area contributed by atoms with E-state index in [0.29, 0.717) is 23.5 Å². The molecule has 172 valence electrons. The van der Waals surface area contributed by atoms with Crippen LogP contribution in [0.2, 0.25) is 5.02 Å². The van der Waals surface area contributed by atoms with Crippen LogP contribution in [0.4, 0.5) is 17.6 Å². The van der Waals surface area contributed by atoms with Crippen molar-refractivity contribution < 1.29 is 0 Å². The Hall–Kier alpha value is -2.12. The van der Waals surface area contributed by atoms with E-state index in [1.807, 2.05) is 24.3 Å². The van der Waals surface area contributed by atoms with Gasteiger partial charge in [0, 0.05) is 43.8 Å². The van der Waals surface area contributed by atoms with Gasteiger partial charge in [0.2, 0.25) is 5.95 Å². The summed E-state index contributed by atoms with van der Waals surface area (Å²) in [6.07, 6.45) is 7.50. The highest BCUT2D eigenvalue weighted by Gasteiger charge is 2.21. The molecule has 1 aromatic heterocycles. The van der Waals surface area contributed by atoms with E-state index in [4.69, 9.17) is 33.8 Å². The molecule has 0 aliphatic carbocycles. The number of nitrogens with one attached hydrogen (secondary N) is 2. The van der Waals surface area contributed by atoms with E-state index >= 15 is 0 Å². The third-order valence-electron chi connectivity index (χ3n) is 6.20. The maximum atomic E-state index is 5.98. The zero-order valence-corrected chi connectivity index (χ0v) is 20.4. The van der Waals surface area contributed by atoms with Crippen LogP contribution in [0.25, 0.3) is 0 Å². The van der Waals surface area contributed by atoms with E-state index in [9.17, 15) is 0 Å². The Bertz CT molecular complexity index is 878. The van der Waals surface area contributed by atoms with Gasteiger partial charge in [0.05, 0.1) is 0 Å². The van der Waals surface area contributed by atoms with Crippen LogP contribution < -0.4 is 20.4 Å². The summed E-state index contributed by atoms with van der Waals surface area (Å²) in [6, 6.07) is 9.91. The summed E-state index contributed by atoms with van der Waals surface area (Å²) in [5, 5.41) is 7.73. The minimum atomic E-state index is 0.519. The van der Waals surface area contributed by atoms with E-state index in [-0.39, 0.29) is 0 Å². The van der Waals surface area contributed by atoms with Crippen LogP contribution in [0, 0.1) is 5.92 Å². The molecule has 2 aliphatic heterocycles.